The van der Waals surface area contributed by atoms with Crippen LogP contribution in [0, 0.1) is 0 Å². The number of likely N-dealkylation sites (tertiary alicyclic amines) is 1. The number of benzene rings is 1. The van der Waals surface area contributed by atoms with E-state index in [1.165, 1.54) is 19.4 Å². The summed E-state index contributed by atoms with van der Waals surface area (Å²) in [7, 11) is 5.25. The molecule has 2 N–H and O–H groups in total. The first kappa shape index (κ1) is 24.8. The molecule has 0 radical (unpaired) electrons. The maximum Gasteiger partial charge on any atom is 0.191 e. The van der Waals surface area contributed by atoms with E-state index < -0.39 is 0 Å². The fourth-order valence-electron chi connectivity index (χ4n) is 4.40. The van der Waals surface area contributed by atoms with Gasteiger partial charge in [0.2, 0.25) is 0 Å². The van der Waals surface area contributed by atoms with Crippen molar-refractivity contribution in [3.63, 3.8) is 0 Å². The number of likely N-dealkylation sites (N-methyl/N-ethyl adjacent to an activating group) is 1. The highest BCUT2D eigenvalue weighted by molar-refractivity contribution is 14.0. The summed E-state index contributed by atoms with van der Waals surface area (Å²) in [6, 6.07) is 7.15. The van der Waals surface area contributed by atoms with Crippen molar-refractivity contribution in [1.82, 2.24) is 15.5 Å². The zero-order chi connectivity index (χ0) is 20.6. The first-order valence-corrected chi connectivity index (χ1v) is 10.9. The van der Waals surface area contributed by atoms with Crippen LogP contribution in [0.3, 0.4) is 0 Å². The molecule has 1 aromatic rings. The second-order valence-electron chi connectivity index (χ2n) is 7.85. The molecule has 2 heterocycles. The van der Waals surface area contributed by atoms with E-state index in [4.69, 9.17) is 9.47 Å². The Morgan fingerprint density at radius 1 is 1.07 bits per heavy atom. The second-order valence-corrected chi connectivity index (χ2v) is 7.85. The van der Waals surface area contributed by atoms with Crippen LogP contribution in [-0.2, 0) is 0 Å². The molecule has 2 fully saturated rings. The van der Waals surface area contributed by atoms with Crippen LogP contribution in [0.4, 0.5) is 5.69 Å². The number of nitrogens with one attached hydrogen (secondary N) is 2. The van der Waals surface area contributed by atoms with Gasteiger partial charge in [-0.3, -0.25) is 9.89 Å². The number of rotatable bonds is 7. The lowest BCUT2D eigenvalue weighted by atomic mass is 10.0. The van der Waals surface area contributed by atoms with E-state index in [0.717, 1.165) is 62.2 Å². The molecule has 0 aromatic heterocycles. The van der Waals surface area contributed by atoms with E-state index in [-0.39, 0.29) is 24.0 Å². The molecule has 170 valence electrons. The molecule has 0 aliphatic carbocycles. The fraction of sp³-hybridized carbons (Fsp3) is 0.682. The van der Waals surface area contributed by atoms with Gasteiger partial charge in [0.05, 0.1) is 14.2 Å². The third-order valence-electron chi connectivity index (χ3n) is 6.17. The average molecular weight is 531 g/mol. The number of ether oxygens (including phenoxy) is 2. The number of methoxy groups -OCH3 is 2. The topological polar surface area (TPSA) is 61.4 Å². The van der Waals surface area contributed by atoms with Gasteiger partial charge in [-0.05, 0) is 38.8 Å². The van der Waals surface area contributed by atoms with Crippen molar-refractivity contribution in [1.29, 1.82) is 0 Å². The van der Waals surface area contributed by atoms with Crippen molar-refractivity contribution in [2.45, 2.75) is 44.7 Å². The lowest BCUT2D eigenvalue weighted by molar-refractivity contribution is 0.266. The predicted octanol–water partition coefficient (Wildman–Crippen LogP) is 2.94. The molecule has 0 bridgehead atoms. The van der Waals surface area contributed by atoms with Crippen LogP contribution in [0.2, 0.25) is 0 Å². The first-order chi connectivity index (χ1) is 14.2. The summed E-state index contributed by atoms with van der Waals surface area (Å²) in [6.07, 6.45) is 4.73. The third kappa shape index (κ3) is 6.54. The monoisotopic (exact) mass is 531 g/mol. The van der Waals surface area contributed by atoms with E-state index in [1.807, 2.05) is 13.1 Å². The highest BCUT2D eigenvalue weighted by Crippen LogP contribution is 2.30. The van der Waals surface area contributed by atoms with E-state index in [0.29, 0.717) is 12.1 Å². The summed E-state index contributed by atoms with van der Waals surface area (Å²) in [5.41, 5.74) is 1.16. The average Bonchev–Trinajstić information content (AvgIpc) is 3.24. The minimum Gasteiger partial charge on any atom is -0.497 e. The van der Waals surface area contributed by atoms with E-state index in [2.05, 4.69) is 44.5 Å². The normalized spacial score (nSPS) is 20.6. The number of guanidine groups is 1. The summed E-state index contributed by atoms with van der Waals surface area (Å²) in [6.45, 7) is 7.57. The Labute approximate surface area is 198 Å². The van der Waals surface area contributed by atoms with Crippen molar-refractivity contribution < 1.29 is 9.47 Å². The van der Waals surface area contributed by atoms with Gasteiger partial charge < -0.3 is 25.0 Å². The van der Waals surface area contributed by atoms with Gasteiger partial charge in [-0.2, -0.15) is 0 Å². The van der Waals surface area contributed by atoms with Crippen LogP contribution in [-0.4, -0.2) is 76.9 Å². The van der Waals surface area contributed by atoms with Crippen molar-refractivity contribution in [2.75, 3.05) is 58.9 Å². The van der Waals surface area contributed by atoms with Crippen molar-refractivity contribution in [2.24, 2.45) is 4.99 Å². The Kier molecular flexibility index (Phi) is 10.3. The molecule has 2 aliphatic heterocycles. The Bertz CT molecular complexity index is 657. The number of hydrogen-bond acceptors (Lipinski definition) is 5. The van der Waals surface area contributed by atoms with Gasteiger partial charge in [-0.25, -0.2) is 0 Å². The van der Waals surface area contributed by atoms with Gasteiger partial charge >= 0.3 is 0 Å². The molecule has 1 atom stereocenters. The number of anilines is 1. The lowest BCUT2D eigenvalue weighted by Crippen LogP contribution is -2.50. The molecule has 3 rings (SSSR count). The number of nitrogens with zero attached hydrogens (tertiary/aromatic N) is 3. The molecule has 7 nitrogen and oxygen atoms in total. The summed E-state index contributed by atoms with van der Waals surface area (Å²) < 4.78 is 10.8. The van der Waals surface area contributed by atoms with Crippen molar-refractivity contribution in [3.05, 3.63) is 18.2 Å². The largest absolute Gasteiger partial charge is 0.497 e. The maximum absolute atomic E-state index is 5.41. The summed E-state index contributed by atoms with van der Waals surface area (Å²) in [5.74, 6) is 2.59. The molecular weight excluding hydrogens is 493 g/mol. The summed E-state index contributed by atoms with van der Waals surface area (Å²) in [4.78, 5) is 9.40. The SMILES string of the molecule is CCN1CCCC1CNC(=NC)NC1CCN(c2cc(OC)cc(OC)c2)CC1.I. The predicted molar refractivity (Wildman–Crippen MR) is 135 cm³/mol. The molecule has 0 amide bonds. The zero-order valence-electron chi connectivity index (χ0n) is 18.8. The molecule has 2 aliphatic rings. The minimum absolute atomic E-state index is 0. The Balaban J connectivity index is 0.00000320. The quantitative estimate of drug-likeness (QED) is 0.321. The van der Waals surface area contributed by atoms with Gasteiger partial charge in [-0.1, -0.05) is 6.92 Å². The summed E-state index contributed by atoms with van der Waals surface area (Å²) >= 11 is 0. The Hall–Kier alpha value is -1.42. The van der Waals surface area contributed by atoms with Gasteiger partial charge in [-0.15, -0.1) is 24.0 Å². The van der Waals surface area contributed by atoms with Crippen molar-refractivity contribution in [3.8, 4) is 11.5 Å². The lowest BCUT2D eigenvalue weighted by Gasteiger charge is -2.35. The minimum atomic E-state index is 0. The van der Waals surface area contributed by atoms with Gasteiger partial charge in [0.15, 0.2) is 5.96 Å². The number of halogens is 1. The van der Waals surface area contributed by atoms with E-state index in [9.17, 15) is 0 Å². The molecule has 30 heavy (non-hydrogen) atoms. The maximum atomic E-state index is 5.41. The molecule has 1 unspecified atom stereocenters. The zero-order valence-corrected chi connectivity index (χ0v) is 21.1. The highest BCUT2D eigenvalue weighted by Gasteiger charge is 2.24. The molecule has 1 aromatic carbocycles. The number of aliphatic imine (C=N–C) groups is 1. The Morgan fingerprint density at radius 3 is 2.30 bits per heavy atom. The van der Waals surface area contributed by atoms with Crippen LogP contribution in [0.25, 0.3) is 0 Å². The van der Waals surface area contributed by atoms with Crippen molar-refractivity contribution >= 4 is 35.6 Å². The summed E-state index contributed by atoms with van der Waals surface area (Å²) in [5, 5.41) is 7.17. The van der Waals surface area contributed by atoms with Gasteiger partial charge in [0.1, 0.15) is 11.5 Å². The van der Waals surface area contributed by atoms with Gasteiger partial charge in [0.25, 0.3) is 0 Å². The molecule has 2 saturated heterocycles. The van der Waals surface area contributed by atoms with Crippen LogP contribution >= 0.6 is 24.0 Å². The smallest absolute Gasteiger partial charge is 0.191 e. The molecule has 0 spiro atoms. The number of piperidine rings is 1. The van der Waals surface area contributed by atoms with Crippen LogP contribution < -0.4 is 25.0 Å². The van der Waals surface area contributed by atoms with E-state index >= 15 is 0 Å². The Morgan fingerprint density at radius 2 is 1.73 bits per heavy atom. The second kappa shape index (κ2) is 12.4. The van der Waals surface area contributed by atoms with E-state index in [1.54, 1.807) is 14.2 Å². The van der Waals surface area contributed by atoms with Gasteiger partial charge in [0, 0.05) is 62.7 Å². The highest BCUT2D eigenvalue weighted by atomic mass is 127. The fourth-order valence-corrected chi connectivity index (χ4v) is 4.40. The molecule has 8 heteroatoms. The standard InChI is InChI=1S/C22H37N5O2.HI/c1-5-26-10-6-7-18(26)16-24-22(23-2)25-17-8-11-27(12-9-17)19-13-20(28-3)15-21(14-19)29-4;/h13-15,17-18H,5-12,16H2,1-4H3,(H2,23,24,25);1H. The first-order valence-electron chi connectivity index (χ1n) is 10.9. The van der Waals surface area contributed by atoms with Crippen LogP contribution in [0.15, 0.2) is 23.2 Å². The number of hydrogen-bond donors (Lipinski definition) is 2. The van der Waals surface area contributed by atoms with Crippen LogP contribution in [0.1, 0.15) is 32.6 Å². The molecule has 0 saturated carbocycles. The third-order valence-corrected chi connectivity index (χ3v) is 6.17. The van der Waals surface area contributed by atoms with Crippen LogP contribution in [0.5, 0.6) is 11.5 Å². The molecular formula is C22H38IN5O2.